The van der Waals surface area contributed by atoms with E-state index >= 15 is 0 Å². The van der Waals surface area contributed by atoms with Crippen LogP contribution in [0.5, 0.6) is 0 Å². The fraction of sp³-hybridized carbons (Fsp3) is 0.333. The van der Waals surface area contributed by atoms with Gasteiger partial charge in [0.25, 0.3) is 0 Å². The molecule has 2 aromatic rings. The Morgan fingerprint density at radius 3 is 3.07 bits per heavy atom. The molecule has 0 fully saturated rings. The molecule has 0 aliphatic rings. The number of aliphatic hydroxyl groups excluding tert-OH is 1. The number of rotatable bonds is 3. The highest BCUT2D eigenvalue weighted by Crippen LogP contribution is 2.09. The van der Waals surface area contributed by atoms with Crippen molar-refractivity contribution in [1.82, 2.24) is 14.6 Å². The lowest BCUT2D eigenvalue weighted by molar-refractivity contribution is 0.287. The summed E-state index contributed by atoms with van der Waals surface area (Å²) in [6.45, 7) is 0.101. The van der Waals surface area contributed by atoms with Gasteiger partial charge in [0.2, 0.25) is 0 Å². The first-order chi connectivity index (χ1) is 6.83. The third-order valence-corrected chi connectivity index (χ3v) is 2.02. The van der Waals surface area contributed by atoms with Crippen LogP contribution in [0.3, 0.4) is 0 Å². The second kappa shape index (κ2) is 3.71. The maximum absolute atomic E-state index is 13.1. The maximum atomic E-state index is 13.1. The Balaban J connectivity index is 2.42. The summed E-state index contributed by atoms with van der Waals surface area (Å²) in [6, 6.07) is 2.95. The lowest BCUT2D eigenvalue weighted by Gasteiger charge is -1.97. The number of fused-ring (bicyclic) bond motifs is 1. The van der Waals surface area contributed by atoms with E-state index in [2.05, 4.69) is 10.2 Å². The van der Waals surface area contributed by atoms with Crippen molar-refractivity contribution in [2.24, 2.45) is 0 Å². The molecular formula is C9H10FN3O. The first-order valence-electron chi connectivity index (χ1n) is 4.42. The zero-order valence-electron chi connectivity index (χ0n) is 7.52. The Morgan fingerprint density at radius 2 is 2.29 bits per heavy atom. The van der Waals surface area contributed by atoms with Crippen molar-refractivity contribution in [3.63, 3.8) is 0 Å². The Hall–Kier alpha value is -1.49. The minimum Gasteiger partial charge on any atom is -0.396 e. The van der Waals surface area contributed by atoms with Crippen LogP contribution in [0.2, 0.25) is 0 Å². The van der Waals surface area contributed by atoms with Gasteiger partial charge in [-0.25, -0.2) is 4.39 Å². The summed E-state index contributed by atoms with van der Waals surface area (Å²) >= 11 is 0. The first-order valence-corrected chi connectivity index (χ1v) is 4.42. The Kier molecular flexibility index (Phi) is 2.41. The average molecular weight is 195 g/mol. The molecule has 0 aromatic carbocycles. The van der Waals surface area contributed by atoms with Gasteiger partial charge in [-0.15, -0.1) is 10.2 Å². The van der Waals surface area contributed by atoms with Crippen LogP contribution in [-0.2, 0) is 6.42 Å². The maximum Gasteiger partial charge on any atom is 0.196 e. The summed E-state index contributed by atoms with van der Waals surface area (Å²) in [5, 5.41) is 16.2. The number of pyridine rings is 1. The molecule has 0 spiro atoms. The lowest BCUT2D eigenvalue weighted by Crippen LogP contribution is -1.97. The van der Waals surface area contributed by atoms with Crippen molar-refractivity contribution < 1.29 is 9.50 Å². The van der Waals surface area contributed by atoms with Crippen molar-refractivity contribution in [2.45, 2.75) is 12.8 Å². The average Bonchev–Trinajstić information content (AvgIpc) is 2.60. The molecule has 0 atom stereocenters. The van der Waals surface area contributed by atoms with Crippen LogP contribution in [0.4, 0.5) is 4.39 Å². The molecule has 5 heteroatoms. The fourth-order valence-electron chi connectivity index (χ4n) is 1.34. The molecule has 2 aromatic heterocycles. The smallest absolute Gasteiger partial charge is 0.196 e. The van der Waals surface area contributed by atoms with Crippen LogP contribution in [0.15, 0.2) is 18.3 Å². The minimum atomic E-state index is -0.379. The summed E-state index contributed by atoms with van der Waals surface area (Å²) in [5.41, 5.74) is 0.237. The molecule has 0 unspecified atom stereocenters. The second-order valence-corrected chi connectivity index (χ2v) is 2.99. The van der Waals surface area contributed by atoms with Gasteiger partial charge in [0, 0.05) is 19.2 Å². The van der Waals surface area contributed by atoms with Gasteiger partial charge in [0.15, 0.2) is 11.5 Å². The van der Waals surface area contributed by atoms with Crippen LogP contribution in [-0.4, -0.2) is 26.3 Å². The Labute approximate surface area is 80.0 Å². The standard InChI is InChI=1S/C9H10FN3O/c10-7-3-1-5-13-8(4-2-6-14)11-12-9(7)13/h1,3,5,14H,2,4,6H2. The number of halogens is 1. The number of hydrogen-bond acceptors (Lipinski definition) is 3. The van der Waals surface area contributed by atoms with E-state index in [-0.39, 0.29) is 18.1 Å². The van der Waals surface area contributed by atoms with Crippen molar-refractivity contribution >= 4 is 5.65 Å². The molecule has 0 saturated carbocycles. The molecule has 14 heavy (non-hydrogen) atoms. The van der Waals surface area contributed by atoms with E-state index in [9.17, 15) is 4.39 Å². The van der Waals surface area contributed by atoms with E-state index in [1.54, 1.807) is 16.7 Å². The monoisotopic (exact) mass is 195 g/mol. The number of aliphatic hydroxyl groups is 1. The predicted octanol–water partition coefficient (Wildman–Crippen LogP) is 0.793. The van der Waals surface area contributed by atoms with E-state index < -0.39 is 0 Å². The highest BCUT2D eigenvalue weighted by molar-refractivity contribution is 5.39. The molecule has 0 saturated heterocycles. The van der Waals surface area contributed by atoms with Crippen molar-refractivity contribution in [1.29, 1.82) is 0 Å². The summed E-state index contributed by atoms with van der Waals surface area (Å²) in [6.07, 6.45) is 2.92. The second-order valence-electron chi connectivity index (χ2n) is 2.99. The normalized spacial score (nSPS) is 11.0. The van der Waals surface area contributed by atoms with Crippen LogP contribution in [0.1, 0.15) is 12.2 Å². The zero-order chi connectivity index (χ0) is 9.97. The number of hydrogen-bond donors (Lipinski definition) is 1. The van der Waals surface area contributed by atoms with Crippen LogP contribution in [0, 0.1) is 5.82 Å². The minimum absolute atomic E-state index is 0.101. The third kappa shape index (κ3) is 1.46. The van der Waals surface area contributed by atoms with Gasteiger partial charge in [-0.3, -0.25) is 4.40 Å². The zero-order valence-corrected chi connectivity index (χ0v) is 7.52. The van der Waals surface area contributed by atoms with Crippen LogP contribution in [0.25, 0.3) is 5.65 Å². The SMILES string of the molecule is OCCCc1nnc2c(F)cccn12. The van der Waals surface area contributed by atoms with Crippen LogP contribution >= 0.6 is 0 Å². The molecule has 0 radical (unpaired) electrons. The van der Waals surface area contributed by atoms with E-state index in [1.165, 1.54) is 6.07 Å². The van der Waals surface area contributed by atoms with E-state index in [0.717, 1.165) is 0 Å². The summed E-state index contributed by atoms with van der Waals surface area (Å²) in [5.74, 6) is 0.295. The van der Waals surface area contributed by atoms with E-state index in [1.807, 2.05) is 0 Å². The van der Waals surface area contributed by atoms with Gasteiger partial charge in [-0.2, -0.15) is 0 Å². The largest absolute Gasteiger partial charge is 0.396 e. The molecular weight excluding hydrogens is 185 g/mol. The highest BCUT2D eigenvalue weighted by atomic mass is 19.1. The van der Waals surface area contributed by atoms with Gasteiger partial charge in [-0.1, -0.05) is 0 Å². The first kappa shape index (κ1) is 9.08. The quantitative estimate of drug-likeness (QED) is 0.787. The third-order valence-electron chi connectivity index (χ3n) is 2.02. The van der Waals surface area contributed by atoms with Gasteiger partial charge < -0.3 is 5.11 Å². The Bertz CT molecular complexity index is 441. The van der Waals surface area contributed by atoms with Gasteiger partial charge >= 0.3 is 0 Å². The molecule has 4 nitrogen and oxygen atoms in total. The predicted molar refractivity (Wildman–Crippen MR) is 48.4 cm³/mol. The molecule has 1 N–H and O–H groups in total. The lowest BCUT2D eigenvalue weighted by atomic mass is 10.3. The van der Waals surface area contributed by atoms with E-state index in [0.29, 0.717) is 18.7 Å². The molecule has 0 aliphatic heterocycles. The number of aromatic nitrogens is 3. The van der Waals surface area contributed by atoms with Crippen molar-refractivity contribution in [3.05, 3.63) is 30.0 Å². The van der Waals surface area contributed by atoms with E-state index in [4.69, 9.17) is 5.11 Å². The van der Waals surface area contributed by atoms with Gasteiger partial charge in [0.05, 0.1) is 0 Å². The number of aryl methyl sites for hydroxylation is 1. The Morgan fingerprint density at radius 1 is 1.43 bits per heavy atom. The molecule has 0 amide bonds. The molecule has 74 valence electrons. The van der Waals surface area contributed by atoms with Gasteiger partial charge in [-0.05, 0) is 18.6 Å². The molecule has 2 rings (SSSR count). The van der Waals surface area contributed by atoms with Crippen LogP contribution < -0.4 is 0 Å². The summed E-state index contributed by atoms with van der Waals surface area (Å²) in [7, 11) is 0. The van der Waals surface area contributed by atoms with Crippen molar-refractivity contribution in [3.8, 4) is 0 Å². The highest BCUT2D eigenvalue weighted by Gasteiger charge is 2.07. The molecule has 0 aliphatic carbocycles. The topological polar surface area (TPSA) is 50.4 Å². The molecule has 0 bridgehead atoms. The van der Waals surface area contributed by atoms with Gasteiger partial charge in [0.1, 0.15) is 5.82 Å². The molecule has 2 heterocycles. The summed E-state index contributed by atoms with van der Waals surface area (Å²) < 4.78 is 14.8. The summed E-state index contributed by atoms with van der Waals surface area (Å²) in [4.78, 5) is 0. The fourth-order valence-corrected chi connectivity index (χ4v) is 1.34. The number of nitrogens with zero attached hydrogens (tertiary/aromatic N) is 3. The van der Waals surface area contributed by atoms with Crippen molar-refractivity contribution in [2.75, 3.05) is 6.61 Å².